The average molecular weight is 608 g/mol. The summed E-state index contributed by atoms with van der Waals surface area (Å²) in [4.78, 5) is 31.0. The maximum atomic E-state index is 13.2. The molecule has 41 heavy (non-hydrogen) atoms. The van der Waals surface area contributed by atoms with Gasteiger partial charge in [-0.2, -0.15) is 0 Å². The van der Waals surface area contributed by atoms with E-state index in [9.17, 15) is 9.59 Å². The van der Waals surface area contributed by atoms with Crippen LogP contribution in [0.5, 0.6) is 17.2 Å². The van der Waals surface area contributed by atoms with Gasteiger partial charge in [0.2, 0.25) is 5.91 Å². The van der Waals surface area contributed by atoms with Crippen LogP contribution in [0.4, 0.5) is 5.69 Å². The van der Waals surface area contributed by atoms with E-state index < -0.39 is 0 Å². The van der Waals surface area contributed by atoms with E-state index in [-0.39, 0.29) is 11.8 Å². The molecular formula is C31H30ClN3O4S2. The predicted molar refractivity (Wildman–Crippen MR) is 169 cm³/mol. The summed E-state index contributed by atoms with van der Waals surface area (Å²) in [5.41, 5.74) is 1.58. The van der Waals surface area contributed by atoms with E-state index >= 15 is 0 Å². The smallest absolute Gasteiger partial charge is 0.270 e. The van der Waals surface area contributed by atoms with Crippen LogP contribution in [0.3, 0.4) is 0 Å². The highest BCUT2D eigenvalue weighted by atomic mass is 35.5. The molecule has 0 radical (unpaired) electrons. The van der Waals surface area contributed by atoms with Gasteiger partial charge in [0.25, 0.3) is 5.91 Å². The fourth-order valence-corrected chi connectivity index (χ4v) is 5.99. The van der Waals surface area contributed by atoms with Gasteiger partial charge >= 0.3 is 0 Å². The number of thioether (sulfide) groups is 1. The number of piperazine rings is 1. The van der Waals surface area contributed by atoms with Crippen molar-refractivity contribution in [2.75, 3.05) is 44.2 Å². The van der Waals surface area contributed by atoms with E-state index in [4.69, 9.17) is 33.3 Å². The first-order valence-corrected chi connectivity index (χ1v) is 15.0. The number of ether oxygens (including phenoxy) is 2. The number of rotatable bonds is 9. The minimum Gasteiger partial charge on any atom is -0.494 e. The summed E-state index contributed by atoms with van der Waals surface area (Å²) in [6.07, 6.45) is 2.73. The lowest BCUT2D eigenvalue weighted by atomic mass is 10.2. The fraction of sp³-hybridized carbons (Fsp3) is 0.258. The van der Waals surface area contributed by atoms with Crippen LogP contribution in [0, 0.1) is 0 Å². The topological polar surface area (TPSA) is 62.3 Å². The van der Waals surface area contributed by atoms with Gasteiger partial charge in [0, 0.05) is 44.7 Å². The number of hydrogen-bond acceptors (Lipinski definition) is 7. The zero-order valence-electron chi connectivity index (χ0n) is 22.6. The van der Waals surface area contributed by atoms with Crippen LogP contribution >= 0.6 is 35.6 Å². The van der Waals surface area contributed by atoms with Crippen LogP contribution < -0.4 is 14.4 Å². The van der Waals surface area contributed by atoms with Gasteiger partial charge in [0.15, 0.2) is 4.32 Å². The first-order chi connectivity index (χ1) is 19.9. The minimum absolute atomic E-state index is 0.144. The number of amides is 2. The summed E-state index contributed by atoms with van der Waals surface area (Å²) in [7, 11) is 0. The lowest BCUT2D eigenvalue weighted by Gasteiger charge is -2.34. The van der Waals surface area contributed by atoms with E-state index in [0.717, 1.165) is 50.5 Å². The molecular weight excluding hydrogens is 578 g/mol. The molecule has 5 rings (SSSR count). The highest BCUT2D eigenvalue weighted by Crippen LogP contribution is 2.37. The summed E-state index contributed by atoms with van der Waals surface area (Å²) >= 11 is 12.8. The Kier molecular flexibility index (Phi) is 9.61. The number of hydrogen-bond donors (Lipinski definition) is 0. The van der Waals surface area contributed by atoms with Crippen molar-refractivity contribution in [1.82, 2.24) is 9.80 Å². The number of thiocarbonyl (C=S) groups is 1. The standard InChI is InChI=1S/C31H30ClN3O4S2/c1-22(36)34-18-16-33(17-19-34)15-2-20-38-26-13-7-25(8-14-26)35-30(37)29(41-31(35)40)21-23-3-9-27(10-4-23)39-28-11-5-24(32)6-12-28/h3-14,21H,2,15-20H2,1H3/b29-21-. The number of carbonyl (C=O) groups excluding carboxylic acids is 2. The third-order valence-corrected chi connectivity index (χ3v) is 8.37. The molecule has 10 heteroatoms. The molecule has 0 spiro atoms. The number of benzene rings is 3. The van der Waals surface area contributed by atoms with Crippen molar-refractivity contribution in [3.05, 3.63) is 88.3 Å². The number of nitrogens with zero attached hydrogens (tertiary/aromatic N) is 3. The molecule has 2 saturated heterocycles. The van der Waals surface area contributed by atoms with Gasteiger partial charge in [0.05, 0.1) is 17.2 Å². The molecule has 3 aromatic rings. The van der Waals surface area contributed by atoms with Crippen LogP contribution in [-0.4, -0.2) is 65.3 Å². The summed E-state index contributed by atoms with van der Waals surface area (Å²) in [5, 5.41) is 0.651. The van der Waals surface area contributed by atoms with Crippen LogP contribution in [0.15, 0.2) is 77.7 Å². The second-order valence-electron chi connectivity index (χ2n) is 9.69. The Morgan fingerprint density at radius 1 is 0.927 bits per heavy atom. The molecule has 2 heterocycles. The average Bonchev–Trinajstić information content (AvgIpc) is 3.26. The Balaban J connectivity index is 1.11. The van der Waals surface area contributed by atoms with Crippen molar-refractivity contribution in [3.8, 4) is 17.2 Å². The fourth-order valence-electron chi connectivity index (χ4n) is 4.57. The molecule has 0 saturated carbocycles. The molecule has 0 unspecified atom stereocenters. The zero-order valence-corrected chi connectivity index (χ0v) is 25.0. The molecule has 0 aromatic heterocycles. The Labute approximate surface area is 254 Å². The summed E-state index contributed by atoms with van der Waals surface area (Å²) < 4.78 is 12.3. The van der Waals surface area contributed by atoms with Gasteiger partial charge in [-0.1, -0.05) is 47.7 Å². The normalized spacial score (nSPS) is 16.9. The SMILES string of the molecule is CC(=O)N1CCN(CCCOc2ccc(N3C(=O)/C(=C/c4ccc(Oc5ccc(Cl)cc5)cc4)SC3=S)cc2)CC1. The van der Waals surface area contributed by atoms with Crippen molar-refractivity contribution in [2.45, 2.75) is 13.3 Å². The van der Waals surface area contributed by atoms with E-state index in [0.29, 0.717) is 38.0 Å². The molecule has 2 aliphatic rings. The van der Waals surface area contributed by atoms with Crippen molar-refractivity contribution < 1.29 is 19.1 Å². The first kappa shape index (κ1) is 29.1. The predicted octanol–water partition coefficient (Wildman–Crippen LogP) is 6.47. The Bertz CT molecular complexity index is 1420. The van der Waals surface area contributed by atoms with Crippen molar-refractivity contribution >= 4 is 63.5 Å². The van der Waals surface area contributed by atoms with Crippen LogP contribution in [-0.2, 0) is 9.59 Å². The molecule has 2 fully saturated rings. The summed E-state index contributed by atoms with van der Waals surface area (Å²) in [6, 6.07) is 22.1. The highest BCUT2D eigenvalue weighted by molar-refractivity contribution is 8.27. The second kappa shape index (κ2) is 13.5. The van der Waals surface area contributed by atoms with E-state index in [2.05, 4.69) is 4.90 Å². The van der Waals surface area contributed by atoms with E-state index in [1.165, 1.54) is 11.8 Å². The van der Waals surface area contributed by atoms with Crippen molar-refractivity contribution in [2.24, 2.45) is 0 Å². The van der Waals surface area contributed by atoms with Gasteiger partial charge in [-0.25, -0.2) is 0 Å². The summed E-state index contributed by atoms with van der Waals surface area (Å²) in [6.45, 7) is 6.53. The van der Waals surface area contributed by atoms with E-state index in [1.807, 2.05) is 71.6 Å². The molecule has 2 aliphatic heterocycles. The van der Waals surface area contributed by atoms with Gasteiger partial charge < -0.3 is 14.4 Å². The van der Waals surface area contributed by atoms with Gasteiger partial charge in [-0.15, -0.1) is 0 Å². The van der Waals surface area contributed by atoms with Crippen LogP contribution in [0.25, 0.3) is 6.08 Å². The molecule has 7 nitrogen and oxygen atoms in total. The van der Waals surface area contributed by atoms with Crippen molar-refractivity contribution in [1.29, 1.82) is 0 Å². The quantitative estimate of drug-likeness (QED) is 0.157. The van der Waals surface area contributed by atoms with E-state index in [1.54, 1.807) is 24.0 Å². The first-order valence-electron chi connectivity index (χ1n) is 13.4. The number of carbonyl (C=O) groups is 2. The molecule has 0 aliphatic carbocycles. The third-order valence-electron chi connectivity index (χ3n) is 6.82. The molecule has 0 N–H and O–H groups in total. The second-order valence-corrected chi connectivity index (χ2v) is 11.8. The van der Waals surface area contributed by atoms with Gasteiger partial charge in [-0.05, 0) is 78.7 Å². The van der Waals surface area contributed by atoms with Crippen LogP contribution in [0.1, 0.15) is 18.9 Å². The Morgan fingerprint density at radius 3 is 2.17 bits per heavy atom. The maximum absolute atomic E-state index is 13.2. The van der Waals surface area contributed by atoms with Crippen LogP contribution in [0.2, 0.25) is 5.02 Å². The lowest BCUT2D eigenvalue weighted by Crippen LogP contribution is -2.48. The Hall–Kier alpha value is -3.37. The largest absolute Gasteiger partial charge is 0.494 e. The van der Waals surface area contributed by atoms with Gasteiger partial charge in [0.1, 0.15) is 17.2 Å². The highest BCUT2D eigenvalue weighted by Gasteiger charge is 2.33. The maximum Gasteiger partial charge on any atom is 0.270 e. The van der Waals surface area contributed by atoms with Gasteiger partial charge in [-0.3, -0.25) is 19.4 Å². The Morgan fingerprint density at radius 2 is 1.54 bits per heavy atom. The lowest BCUT2D eigenvalue weighted by molar-refractivity contribution is -0.130. The monoisotopic (exact) mass is 607 g/mol. The zero-order chi connectivity index (χ0) is 28.8. The number of halogens is 1. The van der Waals surface area contributed by atoms with Crippen molar-refractivity contribution in [3.63, 3.8) is 0 Å². The molecule has 2 amide bonds. The molecule has 0 bridgehead atoms. The molecule has 0 atom stereocenters. The number of anilines is 1. The molecule has 3 aromatic carbocycles. The minimum atomic E-state index is -0.153. The summed E-state index contributed by atoms with van der Waals surface area (Å²) in [5.74, 6) is 2.12. The molecule has 212 valence electrons. The third kappa shape index (κ3) is 7.68.